The molecule has 1 aromatic carbocycles. The fourth-order valence-electron chi connectivity index (χ4n) is 3.62. The van der Waals surface area contributed by atoms with E-state index in [1.165, 1.54) is 23.1 Å². The third-order valence-corrected chi connectivity index (χ3v) is 4.61. The van der Waals surface area contributed by atoms with Crippen molar-refractivity contribution in [2.45, 2.75) is 39.0 Å². The van der Waals surface area contributed by atoms with Crippen LogP contribution in [0.15, 0.2) is 18.2 Å². The van der Waals surface area contributed by atoms with Crippen molar-refractivity contribution >= 4 is 5.97 Å². The molecule has 3 rings (SSSR count). The summed E-state index contributed by atoms with van der Waals surface area (Å²) in [7, 11) is 0. The summed E-state index contributed by atoms with van der Waals surface area (Å²) in [4.78, 5) is 11.3. The summed E-state index contributed by atoms with van der Waals surface area (Å²) in [6.07, 6.45) is 3.51. The van der Waals surface area contributed by atoms with E-state index in [0.29, 0.717) is 0 Å². The van der Waals surface area contributed by atoms with Crippen LogP contribution in [0.3, 0.4) is 0 Å². The van der Waals surface area contributed by atoms with Gasteiger partial charge in [-0.25, -0.2) is 0 Å². The van der Waals surface area contributed by atoms with Gasteiger partial charge in [-0.15, -0.1) is 0 Å². The van der Waals surface area contributed by atoms with E-state index in [9.17, 15) is 9.90 Å². The third kappa shape index (κ3) is 1.43. The molecular formula is C15H18O2. The number of benzene rings is 1. The Balaban J connectivity index is 2.02. The molecule has 2 heteroatoms. The number of aryl methyl sites for hydroxylation is 1. The van der Waals surface area contributed by atoms with Crippen LogP contribution in [0.4, 0.5) is 0 Å². The van der Waals surface area contributed by atoms with Crippen molar-refractivity contribution in [1.82, 2.24) is 0 Å². The minimum absolute atomic E-state index is 0.0798. The molecule has 2 unspecified atom stereocenters. The Bertz CT molecular complexity index is 488. The highest BCUT2D eigenvalue weighted by atomic mass is 16.4. The Morgan fingerprint density at radius 2 is 2.12 bits per heavy atom. The predicted octanol–water partition coefficient (Wildman–Crippen LogP) is 3.00. The smallest absolute Gasteiger partial charge is 0.307 e. The standard InChI is InChI=1S/C15H18O2/c1-15(2)12(13(15)14(16)17)11-8-4-6-9-5-3-7-10(9)11/h4,6,8,12-13H,3,5,7H2,1-2H3,(H,16,17). The minimum Gasteiger partial charge on any atom is -0.481 e. The summed E-state index contributed by atoms with van der Waals surface area (Å²) >= 11 is 0. The first-order chi connectivity index (χ1) is 8.03. The molecule has 0 aromatic heterocycles. The van der Waals surface area contributed by atoms with Crippen molar-refractivity contribution in [2.24, 2.45) is 11.3 Å². The number of aliphatic carboxylic acids is 1. The van der Waals surface area contributed by atoms with Crippen LogP contribution in [-0.2, 0) is 17.6 Å². The minimum atomic E-state index is -0.643. The summed E-state index contributed by atoms with van der Waals surface area (Å²) in [5.41, 5.74) is 4.10. The van der Waals surface area contributed by atoms with Gasteiger partial charge in [-0.1, -0.05) is 32.0 Å². The van der Waals surface area contributed by atoms with E-state index in [1.807, 2.05) is 0 Å². The maximum Gasteiger partial charge on any atom is 0.307 e. The Kier molecular flexibility index (Phi) is 2.13. The monoisotopic (exact) mass is 230 g/mol. The molecule has 2 aliphatic carbocycles. The van der Waals surface area contributed by atoms with Gasteiger partial charge < -0.3 is 5.11 Å². The lowest BCUT2D eigenvalue weighted by atomic mass is 9.96. The number of fused-ring (bicyclic) bond motifs is 1. The quantitative estimate of drug-likeness (QED) is 0.848. The van der Waals surface area contributed by atoms with E-state index in [4.69, 9.17) is 0 Å². The van der Waals surface area contributed by atoms with Gasteiger partial charge in [0.15, 0.2) is 0 Å². The number of hydrogen-bond donors (Lipinski definition) is 1. The summed E-state index contributed by atoms with van der Waals surface area (Å²) in [6, 6.07) is 6.42. The first kappa shape index (κ1) is 10.8. The van der Waals surface area contributed by atoms with Crippen molar-refractivity contribution < 1.29 is 9.90 Å². The highest BCUT2D eigenvalue weighted by Gasteiger charge is 2.63. The normalized spacial score (nSPS) is 28.8. The zero-order valence-electron chi connectivity index (χ0n) is 10.4. The topological polar surface area (TPSA) is 37.3 Å². The van der Waals surface area contributed by atoms with E-state index in [-0.39, 0.29) is 17.3 Å². The number of carboxylic acids is 1. The molecule has 1 saturated carbocycles. The summed E-state index contributed by atoms with van der Waals surface area (Å²) < 4.78 is 0. The number of rotatable bonds is 2. The van der Waals surface area contributed by atoms with Crippen molar-refractivity contribution in [3.63, 3.8) is 0 Å². The van der Waals surface area contributed by atoms with Gasteiger partial charge in [0, 0.05) is 5.92 Å². The zero-order chi connectivity index (χ0) is 12.2. The molecule has 90 valence electrons. The van der Waals surface area contributed by atoms with Crippen molar-refractivity contribution in [1.29, 1.82) is 0 Å². The van der Waals surface area contributed by atoms with Crippen LogP contribution in [0.2, 0.25) is 0 Å². The van der Waals surface area contributed by atoms with Crippen LogP contribution >= 0.6 is 0 Å². The average Bonchev–Trinajstić information content (AvgIpc) is 2.65. The molecule has 1 aromatic rings. The molecule has 1 fully saturated rings. The maximum absolute atomic E-state index is 11.3. The fraction of sp³-hybridized carbons (Fsp3) is 0.533. The van der Waals surface area contributed by atoms with Crippen LogP contribution < -0.4 is 0 Å². The predicted molar refractivity (Wildman–Crippen MR) is 66.1 cm³/mol. The van der Waals surface area contributed by atoms with Crippen molar-refractivity contribution in [3.8, 4) is 0 Å². The Morgan fingerprint density at radius 1 is 1.35 bits per heavy atom. The lowest BCUT2D eigenvalue weighted by molar-refractivity contribution is -0.139. The molecule has 17 heavy (non-hydrogen) atoms. The van der Waals surface area contributed by atoms with E-state index in [2.05, 4.69) is 32.0 Å². The van der Waals surface area contributed by atoms with Gasteiger partial charge >= 0.3 is 5.97 Å². The second-order valence-electron chi connectivity index (χ2n) is 5.95. The second kappa shape index (κ2) is 3.34. The fourth-order valence-corrected chi connectivity index (χ4v) is 3.62. The molecule has 2 nitrogen and oxygen atoms in total. The second-order valence-corrected chi connectivity index (χ2v) is 5.95. The van der Waals surface area contributed by atoms with Crippen LogP contribution in [0, 0.1) is 11.3 Å². The first-order valence-corrected chi connectivity index (χ1v) is 6.37. The van der Waals surface area contributed by atoms with Gasteiger partial charge in [0.1, 0.15) is 0 Å². The van der Waals surface area contributed by atoms with Crippen molar-refractivity contribution in [2.75, 3.05) is 0 Å². The molecule has 0 aliphatic heterocycles. The molecule has 0 heterocycles. The molecule has 0 saturated heterocycles. The summed E-state index contributed by atoms with van der Waals surface area (Å²) in [5, 5.41) is 9.27. The van der Waals surface area contributed by atoms with Crippen LogP contribution in [0.1, 0.15) is 42.9 Å². The van der Waals surface area contributed by atoms with E-state index in [0.717, 1.165) is 12.8 Å². The summed E-state index contributed by atoms with van der Waals surface area (Å²) in [6.45, 7) is 4.15. The van der Waals surface area contributed by atoms with Gasteiger partial charge in [-0.3, -0.25) is 4.79 Å². The number of carboxylic acid groups (broad SMARTS) is 1. The lowest BCUT2D eigenvalue weighted by Gasteiger charge is -2.09. The highest BCUT2D eigenvalue weighted by molar-refractivity contribution is 5.78. The van der Waals surface area contributed by atoms with Gasteiger partial charge in [0.2, 0.25) is 0 Å². The Morgan fingerprint density at radius 3 is 2.76 bits per heavy atom. The van der Waals surface area contributed by atoms with Crippen LogP contribution in [-0.4, -0.2) is 11.1 Å². The van der Waals surface area contributed by atoms with Crippen LogP contribution in [0.25, 0.3) is 0 Å². The zero-order valence-corrected chi connectivity index (χ0v) is 10.4. The molecular weight excluding hydrogens is 212 g/mol. The number of carbonyl (C=O) groups is 1. The third-order valence-electron chi connectivity index (χ3n) is 4.61. The van der Waals surface area contributed by atoms with Gasteiger partial charge in [0.05, 0.1) is 5.92 Å². The molecule has 0 radical (unpaired) electrons. The van der Waals surface area contributed by atoms with Gasteiger partial charge in [-0.2, -0.15) is 0 Å². The molecule has 0 bridgehead atoms. The lowest BCUT2D eigenvalue weighted by Crippen LogP contribution is -2.03. The molecule has 2 aliphatic rings. The number of hydrogen-bond acceptors (Lipinski definition) is 1. The summed E-state index contributed by atoms with van der Waals surface area (Å²) in [5.74, 6) is -0.627. The first-order valence-electron chi connectivity index (χ1n) is 6.37. The largest absolute Gasteiger partial charge is 0.481 e. The van der Waals surface area contributed by atoms with Crippen molar-refractivity contribution in [3.05, 3.63) is 34.9 Å². The maximum atomic E-state index is 11.3. The SMILES string of the molecule is CC1(C)C(C(=O)O)C1c1cccc2c1CCC2. The van der Waals surface area contributed by atoms with E-state index in [1.54, 1.807) is 0 Å². The van der Waals surface area contributed by atoms with Gasteiger partial charge in [0.25, 0.3) is 0 Å². The van der Waals surface area contributed by atoms with Crippen LogP contribution in [0.5, 0.6) is 0 Å². The van der Waals surface area contributed by atoms with Gasteiger partial charge in [-0.05, 0) is 41.4 Å². The highest BCUT2D eigenvalue weighted by Crippen LogP contribution is 2.65. The molecule has 2 atom stereocenters. The molecule has 0 spiro atoms. The van der Waals surface area contributed by atoms with E-state index < -0.39 is 5.97 Å². The molecule has 0 amide bonds. The Labute approximate surface area is 102 Å². The molecule has 1 N–H and O–H groups in total. The van der Waals surface area contributed by atoms with E-state index >= 15 is 0 Å². The average molecular weight is 230 g/mol. The Hall–Kier alpha value is -1.31.